The number of rotatable bonds is 5. The number of carbonyl (C=O) groups excluding carboxylic acids is 3. The molecule has 0 spiro atoms. The van der Waals surface area contributed by atoms with Crippen molar-refractivity contribution in [3.05, 3.63) is 100 Å². The Morgan fingerprint density at radius 3 is 2.52 bits per heavy atom. The first kappa shape index (κ1) is 20.5. The summed E-state index contributed by atoms with van der Waals surface area (Å²) in [7, 11) is 1.32. The standard InChI is InChI=1S/C24H17ClN2O4/c1-31-24(30)16-9-7-15(8-10-16)14-27-20-6-2-5-19(25)22(20)18(23(27)29)12-21(28)17-4-3-11-26-13-17/h2-13H,14H2,1H3. The van der Waals surface area contributed by atoms with Crippen LogP contribution in [0.1, 0.15) is 31.8 Å². The molecular formula is C24H17ClN2O4. The Morgan fingerprint density at radius 2 is 1.84 bits per heavy atom. The van der Waals surface area contributed by atoms with Crippen LogP contribution >= 0.6 is 11.6 Å². The molecular weight excluding hydrogens is 416 g/mol. The summed E-state index contributed by atoms with van der Waals surface area (Å²) in [5.41, 5.74) is 3.00. The second-order valence-electron chi connectivity index (χ2n) is 6.88. The van der Waals surface area contributed by atoms with Crippen molar-refractivity contribution in [3.63, 3.8) is 0 Å². The largest absolute Gasteiger partial charge is 0.465 e. The van der Waals surface area contributed by atoms with Crippen molar-refractivity contribution in [2.45, 2.75) is 6.54 Å². The number of pyridine rings is 1. The summed E-state index contributed by atoms with van der Waals surface area (Å²) in [5, 5.41) is 0.389. The minimum atomic E-state index is -0.430. The smallest absolute Gasteiger partial charge is 0.337 e. The van der Waals surface area contributed by atoms with E-state index in [0.29, 0.717) is 27.4 Å². The Kier molecular flexibility index (Phi) is 5.64. The van der Waals surface area contributed by atoms with Gasteiger partial charge in [0.1, 0.15) is 0 Å². The first-order chi connectivity index (χ1) is 15.0. The molecule has 0 bridgehead atoms. The van der Waals surface area contributed by atoms with Gasteiger partial charge in [0.25, 0.3) is 5.91 Å². The Morgan fingerprint density at radius 1 is 1.06 bits per heavy atom. The number of nitrogens with zero attached hydrogens (tertiary/aromatic N) is 2. The fraction of sp³-hybridized carbons (Fsp3) is 0.0833. The van der Waals surface area contributed by atoms with Gasteiger partial charge in [0.2, 0.25) is 0 Å². The first-order valence-corrected chi connectivity index (χ1v) is 9.81. The summed E-state index contributed by atoms with van der Waals surface area (Å²) >= 11 is 6.40. The van der Waals surface area contributed by atoms with Gasteiger partial charge in [-0.15, -0.1) is 0 Å². The molecule has 1 amide bonds. The highest BCUT2D eigenvalue weighted by atomic mass is 35.5. The predicted octanol–water partition coefficient (Wildman–Crippen LogP) is 4.33. The van der Waals surface area contributed by atoms with Crippen LogP contribution in [0.2, 0.25) is 5.02 Å². The number of allylic oxidation sites excluding steroid dienone is 1. The van der Waals surface area contributed by atoms with E-state index in [9.17, 15) is 14.4 Å². The van der Waals surface area contributed by atoms with E-state index in [1.54, 1.807) is 65.7 Å². The molecule has 0 saturated carbocycles. The second kappa shape index (κ2) is 8.53. The van der Waals surface area contributed by atoms with Gasteiger partial charge in [0.15, 0.2) is 5.78 Å². The Labute approximate surface area is 183 Å². The number of ketones is 1. The van der Waals surface area contributed by atoms with Gasteiger partial charge in [-0.2, -0.15) is 0 Å². The van der Waals surface area contributed by atoms with Gasteiger partial charge < -0.3 is 9.64 Å². The van der Waals surface area contributed by atoms with Crippen LogP contribution in [-0.2, 0) is 16.1 Å². The zero-order chi connectivity index (χ0) is 22.0. The van der Waals surface area contributed by atoms with Crippen LogP contribution in [0, 0.1) is 0 Å². The van der Waals surface area contributed by atoms with Crippen LogP contribution in [0.3, 0.4) is 0 Å². The van der Waals surface area contributed by atoms with E-state index in [1.165, 1.54) is 19.4 Å². The van der Waals surface area contributed by atoms with Crippen LogP contribution in [0.25, 0.3) is 5.57 Å². The number of fused-ring (bicyclic) bond motifs is 1. The number of anilines is 1. The lowest BCUT2D eigenvalue weighted by Crippen LogP contribution is -2.26. The summed E-state index contributed by atoms with van der Waals surface area (Å²) in [5.74, 6) is -1.08. The summed E-state index contributed by atoms with van der Waals surface area (Å²) in [4.78, 5) is 43.1. The molecule has 0 fully saturated rings. The highest BCUT2D eigenvalue weighted by molar-refractivity contribution is 6.41. The molecule has 154 valence electrons. The highest BCUT2D eigenvalue weighted by Crippen LogP contribution is 2.42. The van der Waals surface area contributed by atoms with Crippen molar-refractivity contribution < 1.29 is 19.1 Å². The lowest BCUT2D eigenvalue weighted by Gasteiger charge is -2.17. The Bertz CT molecular complexity index is 1200. The van der Waals surface area contributed by atoms with Crippen molar-refractivity contribution in [1.29, 1.82) is 0 Å². The maximum absolute atomic E-state index is 13.3. The van der Waals surface area contributed by atoms with E-state index in [-0.39, 0.29) is 23.8 Å². The molecule has 3 aromatic rings. The van der Waals surface area contributed by atoms with Gasteiger partial charge in [0.05, 0.1) is 35.5 Å². The van der Waals surface area contributed by atoms with Gasteiger partial charge in [-0.05, 0) is 48.0 Å². The maximum atomic E-state index is 13.3. The van der Waals surface area contributed by atoms with Crippen LogP contribution < -0.4 is 4.90 Å². The number of carbonyl (C=O) groups is 3. The molecule has 0 saturated heterocycles. The van der Waals surface area contributed by atoms with E-state index >= 15 is 0 Å². The third kappa shape index (κ3) is 3.98. The van der Waals surface area contributed by atoms with Gasteiger partial charge in [-0.25, -0.2) is 4.79 Å². The van der Waals surface area contributed by atoms with Gasteiger partial charge in [-0.3, -0.25) is 14.6 Å². The normalized spacial score (nSPS) is 13.9. The van der Waals surface area contributed by atoms with Crippen molar-refractivity contribution in [1.82, 2.24) is 4.98 Å². The van der Waals surface area contributed by atoms with Crippen LogP contribution in [0.4, 0.5) is 5.69 Å². The van der Waals surface area contributed by atoms with Crippen molar-refractivity contribution in [2.24, 2.45) is 0 Å². The molecule has 0 atom stereocenters. The van der Waals surface area contributed by atoms with Gasteiger partial charge in [-0.1, -0.05) is 29.8 Å². The lowest BCUT2D eigenvalue weighted by molar-refractivity contribution is -0.113. The number of benzene rings is 2. The number of ether oxygens (including phenoxy) is 1. The maximum Gasteiger partial charge on any atom is 0.337 e. The van der Waals surface area contributed by atoms with Gasteiger partial charge >= 0.3 is 5.97 Å². The number of hydrogen-bond donors (Lipinski definition) is 0. The van der Waals surface area contributed by atoms with E-state index in [1.807, 2.05) is 0 Å². The molecule has 0 radical (unpaired) electrons. The molecule has 0 aliphatic carbocycles. The molecule has 1 aliphatic heterocycles. The first-order valence-electron chi connectivity index (χ1n) is 9.43. The fourth-order valence-electron chi connectivity index (χ4n) is 3.43. The number of esters is 1. The molecule has 1 aromatic heterocycles. The molecule has 4 rings (SSSR count). The number of hydrogen-bond acceptors (Lipinski definition) is 5. The van der Waals surface area contributed by atoms with E-state index in [2.05, 4.69) is 4.98 Å². The number of aromatic nitrogens is 1. The van der Waals surface area contributed by atoms with E-state index in [0.717, 1.165) is 5.56 Å². The predicted molar refractivity (Wildman–Crippen MR) is 117 cm³/mol. The molecule has 0 N–H and O–H groups in total. The summed E-state index contributed by atoms with van der Waals surface area (Å²) in [6.45, 7) is 0.256. The lowest BCUT2D eigenvalue weighted by atomic mass is 10.0. The third-order valence-corrected chi connectivity index (χ3v) is 5.28. The van der Waals surface area contributed by atoms with Crippen molar-refractivity contribution in [3.8, 4) is 0 Å². The average molecular weight is 433 g/mol. The third-order valence-electron chi connectivity index (χ3n) is 4.96. The minimum absolute atomic E-state index is 0.237. The summed E-state index contributed by atoms with van der Waals surface area (Å²) in [6, 6.07) is 15.3. The molecule has 2 aromatic carbocycles. The SMILES string of the molecule is COC(=O)c1ccc(CN2C(=O)C(=CC(=O)c3cccnc3)c3c(Cl)cccc32)cc1. The molecule has 0 unspecified atom stereocenters. The van der Waals surface area contributed by atoms with Crippen LogP contribution in [0.15, 0.2) is 73.1 Å². The zero-order valence-corrected chi connectivity index (χ0v) is 17.3. The number of methoxy groups -OCH3 is 1. The summed E-state index contributed by atoms with van der Waals surface area (Å²) < 4.78 is 4.71. The monoisotopic (exact) mass is 432 g/mol. The molecule has 1 aliphatic rings. The van der Waals surface area contributed by atoms with Crippen molar-refractivity contribution >= 4 is 40.5 Å². The number of amides is 1. The molecule has 7 heteroatoms. The quantitative estimate of drug-likeness (QED) is 0.340. The Balaban J connectivity index is 1.69. The highest BCUT2D eigenvalue weighted by Gasteiger charge is 2.34. The fourth-order valence-corrected chi connectivity index (χ4v) is 3.70. The number of halogens is 1. The average Bonchev–Trinajstić information content (AvgIpc) is 3.06. The van der Waals surface area contributed by atoms with E-state index in [4.69, 9.17) is 16.3 Å². The molecule has 31 heavy (non-hydrogen) atoms. The van der Waals surface area contributed by atoms with Crippen LogP contribution in [-0.4, -0.2) is 29.8 Å². The second-order valence-corrected chi connectivity index (χ2v) is 7.28. The molecule has 6 nitrogen and oxygen atoms in total. The van der Waals surface area contributed by atoms with Gasteiger partial charge in [0, 0.05) is 23.5 Å². The topological polar surface area (TPSA) is 76.6 Å². The van der Waals surface area contributed by atoms with Crippen LogP contribution in [0.5, 0.6) is 0 Å². The minimum Gasteiger partial charge on any atom is -0.465 e. The van der Waals surface area contributed by atoms with E-state index < -0.39 is 5.97 Å². The van der Waals surface area contributed by atoms with Crippen molar-refractivity contribution in [2.75, 3.05) is 12.0 Å². The zero-order valence-electron chi connectivity index (χ0n) is 16.5. The summed E-state index contributed by atoms with van der Waals surface area (Å²) in [6.07, 6.45) is 4.33. The molecule has 2 heterocycles. The Hall–Kier alpha value is -3.77.